The molecular weight excluding hydrogens is 314 g/mol. The molecule has 3 heteroatoms. The molecule has 2 rings (SSSR count). The molecule has 0 heterocycles. The van der Waals surface area contributed by atoms with Gasteiger partial charge in [-0.25, -0.2) is 0 Å². The molecule has 1 aromatic carbocycles. The molecule has 1 unspecified atom stereocenters. The van der Waals surface area contributed by atoms with Gasteiger partial charge in [0.25, 0.3) is 0 Å². The van der Waals surface area contributed by atoms with Crippen molar-refractivity contribution >= 4 is 15.9 Å². The van der Waals surface area contributed by atoms with Crippen molar-refractivity contribution in [3.63, 3.8) is 0 Å². The van der Waals surface area contributed by atoms with Crippen LogP contribution >= 0.6 is 15.9 Å². The van der Waals surface area contributed by atoms with Gasteiger partial charge in [0.2, 0.25) is 0 Å². The first-order chi connectivity index (χ1) is 9.74. The minimum absolute atomic E-state index is 0.647. The lowest BCUT2D eigenvalue weighted by molar-refractivity contribution is 0.261. The number of nitrogens with one attached hydrogen (secondary N) is 1. The van der Waals surface area contributed by atoms with Crippen LogP contribution in [-0.2, 0) is 6.54 Å². The van der Waals surface area contributed by atoms with Gasteiger partial charge in [-0.3, -0.25) is 0 Å². The van der Waals surface area contributed by atoms with E-state index < -0.39 is 0 Å². The van der Waals surface area contributed by atoms with E-state index in [0.717, 1.165) is 22.7 Å². The Morgan fingerprint density at radius 1 is 1.30 bits per heavy atom. The number of methoxy groups -OCH3 is 1. The molecule has 20 heavy (non-hydrogen) atoms. The zero-order chi connectivity index (χ0) is 14.4. The third-order valence-corrected chi connectivity index (χ3v) is 5.24. The second-order valence-electron chi connectivity index (χ2n) is 5.75. The first kappa shape index (κ1) is 15.8. The lowest BCUT2D eigenvalue weighted by Gasteiger charge is -2.30. The number of halogens is 1. The van der Waals surface area contributed by atoms with E-state index in [1.54, 1.807) is 7.11 Å². The van der Waals surface area contributed by atoms with Crippen molar-refractivity contribution in [3.8, 4) is 5.75 Å². The summed E-state index contributed by atoms with van der Waals surface area (Å²) in [5.41, 5.74) is 1.28. The molecule has 1 fully saturated rings. The second kappa shape index (κ2) is 8.04. The first-order valence-corrected chi connectivity index (χ1v) is 8.59. The lowest BCUT2D eigenvalue weighted by Crippen LogP contribution is -2.36. The Hall–Kier alpha value is -0.540. The van der Waals surface area contributed by atoms with Crippen molar-refractivity contribution in [2.45, 2.75) is 58.0 Å². The minimum atomic E-state index is 0.647. The maximum absolute atomic E-state index is 5.31. The van der Waals surface area contributed by atoms with Gasteiger partial charge in [-0.15, -0.1) is 0 Å². The normalized spacial score (nSPS) is 17.9. The van der Waals surface area contributed by atoms with Crippen molar-refractivity contribution in [2.75, 3.05) is 7.11 Å². The van der Waals surface area contributed by atoms with Crippen LogP contribution in [0.5, 0.6) is 5.75 Å². The number of hydrogen-bond acceptors (Lipinski definition) is 2. The summed E-state index contributed by atoms with van der Waals surface area (Å²) in [6, 6.07) is 6.82. The van der Waals surface area contributed by atoms with Gasteiger partial charge in [0.15, 0.2) is 0 Å². The summed E-state index contributed by atoms with van der Waals surface area (Å²) >= 11 is 3.63. The Labute approximate surface area is 131 Å². The standard InChI is InChI=1S/C17H26BrNO/c1-3-17(13-7-5-4-6-8-13)19-12-14-11-15(20-2)9-10-16(14)18/h9-11,13,17,19H,3-8,12H2,1-2H3. The molecule has 2 nitrogen and oxygen atoms in total. The van der Waals surface area contributed by atoms with E-state index in [1.807, 2.05) is 6.07 Å². The molecule has 0 aliphatic heterocycles. The predicted octanol–water partition coefficient (Wildman–Crippen LogP) is 4.91. The van der Waals surface area contributed by atoms with Crippen LogP contribution in [0.15, 0.2) is 22.7 Å². The molecule has 1 aromatic rings. The highest BCUT2D eigenvalue weighted by atomic mass is 79.9. The summed E-state index contributed by atoms with van der Waals surface area (Å²) in [5.74, 6) is 1.79. The van der Waals surface area contributed by atoms with Crippen molar-refractivity contribution in [3.05, 3.63) is 28.2 Å². The third kappa shape index (κ3) is 4.23. The summed E-state index contributed by atoms with van der Waals surface area (Å²) in [4.78, 5) is 0. The summed E-state index contributed by atoms with van der Waals surface area (Å²) in [6.07, 6.45) is 8.24. The Morgan fingerprint density at radius 3 is 2.70 bits per heavy atom. The zero-order valence-corrected chi connectivity index (χ0v) is 14.2. The summed E-state index contributed by atoms with van der Waals surface area (Å²) in [7, 11) is 1.72. The van der Waals surface area contributed by atoms with E-state index in [2.05, 4.69) is 40.3 Å². The third-order valence-electron chi connectivity index (χ3n) is 4.47. The van der Waals surface area contributed by atoms with E-state index >= 15 is 0 Å². The van der Waals surface area contributed by atoms with Gasteiger partial charge >= 0.3 is 0 Å². The van der Waals surface area contributed by atoms with Crippen LogP contribution in [0.25, 0.3) is 0 Å². The van der Waals surface area contributed by atoms with Crippen molar-refractivity contribution in [2.24, 2.45) is 5.92 Å². The second-order valence-corrected chi connectivity index (χ2v) is 6.61. The SMILES string of the molecule is CCC(NCc1cc(OC)ccc1Br)C1CCCCC1. The van der Waals surface area contributed by atoms with Gasteiger partial charge in [-0.05, 0) is 48.9 Å². The Kier molecular flexibility index (Phi) is 6.37. The maximum Gasteiger partial charge on any atom is 0.119 e. The summed E-state index contributed by atoms with van der Waals surface area (Å²) < 4.78 is 6.47. The van der Waals surface area contributed by atoms with Crippen LogP contribution in [0, 0.1) is 5.92 Å². The summed E-state index contributed by atoms with van der Waals surface area (Å²) in [5, 5.41) is 3.76. The molecule has 0 radical (unpaired) electrons. The quantitative estimate of drug-likeness (QED) is 0.795. The first-order valence-electron chi connectivity index (χ1n) is 7.80. The summed E-state index contributed by atoms with van der Waals surface area (Å²) in [6.45, 7) is 3.21. The molecule has 0 saturated heterocycles. The lowest BCUT2D eigenvalue weighted by atomic mass is 9.83. The minimum Gasteiger partial charge on any atom is -0.497 e. The molecule has 112 valence electrons. The molecule has 0 bridgehead atoms. The number of ether oxygens (including phenoxy) is 1. The fourth-order valence-corrected chi connectivity index (χ4v) is 3.62. The van der Waals surface area contributed by atoms with E-state index in [0.29, 0.717) is 6.04 Å². The maximum atomic E-state index is 5.31. The van der Waals surface area contributed by atoms with Gasteiger partial charge < -0.3 is 10.1 Å². The largest absolute Gasteiger partial charge is 0.497 e. The zero-order valence-electron chi connectivity index (χ0n) is 12.6. The van der Waals surface area contributed by atoms with Crippen molar-refractivity contribution in [1.29, 1.82) is 0 Å². The van der Waals surface area contributed by atoms with E-state index in [9.17, 15) is 0 Å². The average Bonchev–Trinajstić information content (AvgIpc) is 2.50. The van der Waals surface area contributed by atoms with Crippen molar-refractivity contribution < 1.29 is 4.74 Å². The molecule has 1 N–H and O–H groups in total. The molecule has 0 amide bonds. The fraction of sp³-hybridized carbons (Fsp3) is 0.647. The Balaban J connectivity index is 1.95. The van der Waals surface area contributed by atoms with E-state index in [4.69, 9.17) is 4.74 Å². The average molecular weight is 340 g/mol. The van der Waals surface area contributed by atoms with Crippen LogP contribution < -0.4 is 10.1 Å². The molecule has 0 spiro atoms. The van der Waals surface area contributed by atoms with Crippen LogP contribution in [0.1, 0.15) is 51.0 Å². The number of hydrogen-bond donors (Lipinski definition) is 1. The highest BCUT2D eigenvalue weighted by Crippen LogP contribution is 2.28. The molecule has 1 saturated carbocycles. The van der Waals surface area contributed by atoms with Crippen LogP contribution in [0.4, 0.5) is 0 Å². The monoisotopic (exact) mass is 339 g/mol. The molecule has 1 atom stereocenters. The molecular formula is C17H26BrNO. The number of benzene rings is 1. The van der Waals surface area contributed by atoms with Gasteiger partial charge in [0.1, 0.15) is 5.75 Å². The fourth-order valence-electron chi connectivity index (χ4n) is 3.24. The molecule has 0 aromatic heterocycles. The van der Waals surface area contributed by atoms with Gasteiger partial charge in [-0.1, -0.05) is 42.1 Å². The smallest absolute Gasteiger partial charge is 0.119 e. The van der Waals surface area contributed by atoms with Gasteiger partial charge in [0, 0.05) is 17.1 Å². The van der Waals surface area contributed by atoms with Crippen LogP contribution in [0.2, 0.25) is 0 Å². The molecule has 1 aliphatic rings. The molecule has 1 aliphatic carbocycles. The Morgan fingerprint density at radius 2 is 2.05 bits per heavy atom. The Bertz CT molecular complexity index is 415. The van der Waals surface area contributed by atoms with Crippen molar-refractivity contribution in [1.82, 2.24) is 5.32 Å². The van der Waals surface area contributed by atoms with Gasteiger partial charge in [0.05, 0.1) is 7.11 Å². The highest BCUT2D eigenvalue weighted by molar-refractivity contribution is 9.10. The van der Waals surface area contributed by atoms with E-state index in [1.165, 1.54) is 44.1 Å². The number of rotatable bonds is 6. The topological polar surface area (TPSA) is 21.3 Å². The van der Waals surface area contributed by atoms with Crippen LogP contribution in [0.3, 0.4) is 0 Å². The van der Waals surface area contributed by atoms with Gasteiger partial charge in [-0.2, -0.15) is 0 Å². The highest BCUT2D eigenvalue weighted by Gasteiger charge is 2.21. The predicted molar refractivity (Wildman–Crippen MR) is 88.2 cm³/mol. The van der Waals surface area contributed by atoms with E-state index in [-0.39, 0.29) is 0 Å². The van der Waals surface area contributed by atoms with Crippen LogP contribution in [-0.4, -0.2) is 13.2 Å².